The molecule has 14 heavy (non-hydrogen) atoms. The summed E-state index contributed by atoms with van der Waals surface area (Å²) in [5.74, 6) is 2.33. The summed E-state index contributed by atoms with van der Waals surface area (Å²) in [6.07, 6.45) is 6.27. The Bertz CT molecular complexity index is 185. The normalized spacial score (nSPS) is 29.2. The molecule has 1 rings (SSSR count). The van der Waals surface area contributed by atoms with Crippen LogP contribution in [0, 0.1) is 23.2 Å². The van der Waals surface area contributed by atoms with E-state index in [-0.39, 0.29) is 5.41 Å². The number of carbonyl (C=O) groups is 1. The summed E-state index contributed by atoms with van der Waals surface area (Å²) in [6.45, 7) is 8.80. The molecule has 0 aromatic heterocycles. The highest BCUT2D eigenvalue weighted by molar-refractivity contribution is 5.58. The molecule has 1 nitrogen and oxygen atoms in total. The van der Waals surface area contributed by atoms with E-state index in [0.717, 1.165) is 18.1 Å². The van der Waals surface area contributed by atoms with Gasteiger partial charge < -0.3 is 4.79 Å². The van der Waals surface area contributed by atoms with Gasteiger partial charge in [0.25, 0.3) is 0 Å². The van der Waals surface area contributed by atoms with Crippen LogP contribution in [-0.2, 0) is 4.79 Å². The summed E-state index contributed by atoms with van der Waals surface area (Å²) in [5.41, 5.74) is -0.0953. The van der Waals surface area contributed by atoms with Crippen LogP contribution in [0.5, 0.6) is 0 Å². The van der Waals surface area contributed by atoms with Crippen LogP contribution in [0.3, 0.4) is 0 Å². The summed E-state index contributed by atoms with van der Waals surface area (Å²) in [4.78, 5) is 10.9. The van der Waals surface area contributed by atoms with Gasteiger partial charge in [-0.3, -0.25) is 0 Å². The highest BCUT2D eigenvalue weighted by Crippen LogP contribution is 2.40. The molecular weight excluding hydrogens is 172 g/mol. The van der Waals surface area contributed by atoms with Crippen molar-refractivity contribution in [2.75, 3.05) is 0 Å². The monoisotopic (exact) mass is 196 g/mol. The van der Waals surface area contributed by atoms with Crippen molar-refractivity contribution in [3.8, 4) is 0 Å². The molecule has 1 heteroatoms. The van der Waals surface area contributed by atoms with Crippen LogP contribution in [-0.4, -0.2) is 6.29 Å². The molecule has 0 aromatic carbocycles. The molecule has 0 spiro atoms. The number of hydrogen-bond donors (Lipinski definition) is 0. The first-order valence-corrected chi connectivity index (χ1v) is 5.93. The highest BCUT2D eigenvalue weighted by atomic mass is 16.1. The van der Waals surface area contributed by atoms with E-state index in [1.165, 1.54) is 25.7 Å². The largest absolute Gasteiger partial charge is 0.303 e. The second-order valence-corrected chi connectivity index (χ2v) is 5.79. The SMILES string of the molecule is CC(C)C1CCC(C(C)(C)C=O)CC1. The molecule has 1 aliphatic rings. The zero-order valence-corrected chi connectivity index (χ0v) is 10.0. The van der Waals surface area contributed by atoms with Gasteiger partial charge in [-0.15, -0.1) is 0 Å². The Morgan fingerprint density at radius 2 is 1.64 bits per heavy atom. The van der Waals surface area contributed by atoms with Gasteiger partial charge in [0.2, 0.25) is 0 Å². The van der Waals surface area contributed by atoms with Crippen LogP contribution >= 0.6 is 0 Å². The third-order valence-corrected chi connectivity index (χ3v) is 4.07. The van der Waals surface area contributed by atoms with Crippen molar-refractivity contribution in [2.24, 2.45) is 23.2 Å². The van der Waals surface area contributed by atoms with Gasteiger partial charge in [-0.2, -0.15) is 0 Å². The molecule has 82 valence electrons. The smallest absolute Gasteiger partial charge is 0.125 e. The van der Waals surface area contributed by atoms with Crippen LogP contribution < -0.4 is 0 Å². The molecule has 0 saturated heterocycles. The Labute approximate surface area is 88.3 Å². The van der Waals surface area contributed by atoms with Crippen LogP contribution in [0.4, 0.5) is 0 Å². The lowest BCUT2D eigenvalue weighted by atomic mass is 9.68. The molecule has 0 N–H and O–H groups in total. The molecule has 1 fully saturated rings. The van der Waals surface area contributed by atoms with Gasteiger partial charge in [-0.25, -0.2) is 0 Å². The quantitative estimate of drug-likeness (QED) is 0.629. The third kappa shape index (κ3) is 2.59. The predicted molar refractivity (Wildman–Crippen MR) is 60.1 cm³/mol. The standard InChI is InChI=1S/C13H24O/c1-10(2)11-5-7-12(8-6-11)13(3,4)9-14/h9-12H,5-8H2,1-4H3. The molecule has 0 bridgehead atoms. The van der Waals surface area contributed by atoms with E-state index < -0.39 is 0 Å². The molecule has 0 aliphatic heterocycles. The Morgan fingerprint density at radius 3 is 2.00 bits per heavy atom. The van der Waals surface area contributed by atoms with Crippen molar-refractivity contribution >= 4 is 6.29 Å². The second-order valence-electron chi connectivity index (χ2n) is 5.79. The molecule has 0 radical (unpaired) electrons. The van der Waals surface area contributed by atoms with Crippen molar-refractivity contribution in [2.45, 2.75) is 53.4 Å². The van der Waals surface area contributed by atoms with E-state index in [4.69, 9.17) is 0 Å². The van der Waals surface area contributed by atoms with Gasteiger partial charge in [0.1, 0.15) is 6.29 Å². The molecule has 1 saturated carbocycles. The van der Waals surface area contributed by atoms with Gasteiger partial charge in [-0.05, 0) is 43.4 Å². The molecular formula is C13H24O. The fraction of sp³-hybridized carbons (Fsp3) is 0.923. The maximum absolute atomic E-state index is 10.9. The Balaban J connectivity index is 2.47. The number of rotatable bonds is 3. The van der Waals surface area contributed by atoms with Crippen molar-refractivity contribution in [3.63, 3.8) is 0 Å². The number of hydrogen-bond acceptors (Lipinski definition) is 1. The van der Waals surface area contributed by atoms with E-state index in [1.54, 1.807) is 0 Å². The maximum atomic E-state index is 10.9. The average molecular weight is 196 g/mol. The summed E-state index contributed by atoms with van der Waals surface area (Å²) in [7, 11) is 0. The van der Waals surface area contributed by atoms with Crippen LogP contribution in [0.1, 0.15) is 53.4 Å². The molecule has 0 unspecified atom stereocenters. The van der Waals surface area contributed by atoms with E-state index in [9.17, 15) is 4.79 Å². The first kappa shape index (κ1) is 11.7. The summed E-state index contributed by atoms with van der Waals surface area (Å²) >= 11 is 0. The number of aldehydes is 1. The van der Waals surface area contributed by atoms with Gasteiger partial charge in [0.15, 0.2) is 0 Å². The topological polar surface area (TPSA) is 17.1 Å². The second kappa shape index (κ2) is 4.46. The van der Waals surface area contributed by atoms with Gasteiger partial charge >= 0.3 is 0 Å². The van der Waals surface area contributed by atoms with Crippen LogP contribution in [0.15, 0.2) is 0 Å². The predicted octanol–water partition coefficient (Wildman–Crippen LogP) is 3.67. The molecule has 0 heterocycles. The molecule has 0 atom stereocenters. The molecule has 0 aromatic rings. The van der Waals surface area contributed by atoms with E-state index >= 15 is 0 Å². The summed E-state index contributed by atoms with van der Waals surface area (Å²) < 4.78 is 0. The summed E-state index contributed by atoms with van der Waals surface area (Å²) in [6, 6.07) is 0. The van der Waals surface area contributed by atoms with Crippen molar-refractivity contribution in [1.82, 2.24) is 0 Å². The lowest BCUT2D eigenvalue weighted by Crippen LogP contribution is -2.30. The fourth-order valence-corrected chi connectivity index (χ4v) is 2.63. The minimum absolute atomic E-state index is 0.0953. The Kier molecular flexibility index (Phi) is 3.74. The first-order valence-electron chi connectivity index (χ1n) is 5.93. The zero-order valence-electron chi connectivity index (χ0n) is 10.0. The molecule has 1 aliphatic carbocycles. The van der Waals surface area contributed by atoms with Gasteiger partial charge in [0.05, 0.1) is 0 Å². The van der Waals surface area contributed by atoms with Crippen molar-refractivity contribution in [1.29, 1.82) is 0 Å². The first-order chi connectivity index (χ1) is 6.47. The minimum Gasteiger partial charge on any atom is -0.303 e. The highest BCUT2D eigenvalue weighted by Gasteiger charge is 2.33. The lowest BCUT2D eigenvalue weighted by Gasteiger charge is -2.37. The minimum atomic E-state index is -0.0953. The van der Waals surface area contributed by atoms with E-state index in [2.05, 4.69) is 27.7 Å². The van der Waals surface area contributed by atoms with Gasteiger partial charge in [-0.1, -0.05) is 27.7 Å². The fourth-order valence-electron chi connectivity index (χ4n) is 2.63. The maximum Gasteiger partial charge on any atom is 0.125 e. The van der Waals surface area contributed by atoms with Crippen LogP contribution in [0.2, 0.25) is 0 Å². The Hall–Kier alpha value is -0.330. The number of carbonyl (C=O) groups excluding carboxylic acids is 1. The van der Waals surface area contributed by atoms with Crippen molar-refractivity contribution < 1.29 is 4.79 Å². The Morgan fingerprint density at radius 1 is 1.14 bits per heavy atom. The lowest BCUT2D eigenvalue weighted by molar-refractivity contribution is -0.118. The third-order valence-electron chi connectivity index (χ3n) is 4.07. The average Bonchev–Trinajstić information content (AvgIpc) is 2.18. The molecule has 0 amide bonds. The van der Waals surface area contributed by atoms with E-state index in [1.807, 2.05) is 0 Å². The van der Waals surface area contributed by atoms with Crippen molar-refractivity contribution in [3.05, 3.63) is 0 Å². The van der Waals surface area contributed by atoms with E-state index in [0.29, 0.717) is 5.92 Å². The van der Waals surface area contributed by atoms with Crippen LogP contribution in [0.25, 0.3) is 0 Å². The summed E-state index contributed by atoms with van der Waals surface area (Å²) in [5, 5.41) is 0. The zero-order chi connectivity index (χ0) is 10.8. The van der Waals surface area contributed by atoms with Gasteiger partial charge in [0, 0.05) is 5.41 Å².